The molecule has 2 aliphatic rings. The molecule has 1 aromatic heterocycles. The second kappa shape index (κ2) is 11.6. The number of anilines is 2. The lowest BCUT2D eigenvalue weighted by atomic mass is 9.83. The molecule has 1 saturated heterocycles. The summed E-state index contributed by atoms with van der Waals surface area (Å²) in [6.45, 7) is 1.69. The molecule has 10 nitrogen and oxygen atoms in total. The number of methoxy groups -OCH3 is 2. The number of amides is 3. The van der Waals surface area contributed by atoms with Crippen molar-refractivity contribution in [3.8, 4) is 17.2 Å². The monoisotopic (exact) mass is 617 g/mol. The van der Waals surface area contributed by atoms with Crippen LogP contribution in [0.1, 0.15) is 21.9 Å². The van der Waals surface area contributed by atoms with Crippen LogP contribution in [0, 0.1) is 12.8 Å². The number of aromatic amines is 1. The minimum atomic E-state index is -0.755. The third-order valence-corrected chi connectivity index (χ3v) is 9.76. The predicted molar refractivity (Wildman–Crippen MR) is 164 cm³/mol. The number of H-pyrrole nitrogens is 1. The number of imide groups is 1. The number of carbonyl (C=O) groups excluding carboxylic acids is 3. The zero-order chi connectivity index (χ0) is 30.2. The van der Waals surface area contributed by atoms with Gasteiger partial charge in [0.25, 0.3) is 5.91 Å². The van der Waals surface area contributed by atoms with Crippen molar-refractivity contribution in [2.24, 2.45) is 5.92 Å². The Morgan fingerprint density at radius 1 is 0.953 bits per heavy atom. The summed E-state index contributed by atoms with van der Waals surface area (Å²) in [6.07, 6.45) is 0. The zero-order valence-corrected chi connectivity index (χ0v) is 25.0. The first kappa shape index (κ1) is 28.6. The van der Waals surface area contributed by atoms with E-state index in [0.717, 1.165) is 16.9 Å². The quantitative estimate of drug-likeness (QED) is 0.275. The van der Waals surface area contributed by atoms with E-state index in [1.807, 2.05) is 25.1 Å². The summed E-state index contributed by atoms with van der Waals surface area (Å²) in [6, 6.07) is 19.4. The molecular weight excluding hydrogens is 590 g/mol. The van der Waals surface area contributed by atoms with Crippen molar-refractivity contribution in [2.45, 2.75) is 23.1 Å². The van der Waals surface area contributed by atoms with Gasteiger partial charge in [-0.2, -0.15) is 0 Å². The molecule has 12 heteroatoms. The molecule has 6 rings (SSSR count). The number of nitrogens with one attached hydrogen (secondary N) is 2. The molecule has 220 valence electrons. The van der Waals surface area contributed by atoms with Gasteiger partial charge in [-0.05, 0) is 66.6 Å². The van der Waals surface area contributed by atoms with E-state index in [0.29, 0.717) is 44.1 Å². The van der Waals surface area contributed by atoms with Gasteiger partial charge in [-0.15, -0.1) is 0 Å². The molecule has 0 spiro atoms. The van der Waals surface area contributed by atoms with E-state index in [1.54, 1.807) is 55.6 Å². The highest BCUT2D eigenvalue weighted by molar-refractivity contribution is 8.00. The van der Waals surface area contributed by atoms with Gasteiger partial charge < -0.3 is 24.5 Å². The molecule has 2 unspecified atom stereocenters. The van der Waals surface area contributed by atoms with Gasteiger partial charge in [-0.1, -0.05) is 41.3 Å². The molecule has 0 saturated carbocycles. The molecule has 0 bridgehead atoms. The maximum atomic E-state index is 14.0. The first-order valence-corrected chi connectivity index (χ1v) is 15.1. The van der Waals surface area contributed by atoms with E-state index in [4.69, 9.17) is 14.2 Å². The summed E-state index contributed by atoms with van der Waals surface area (Å²) in [5.41, 5.74) is 2.82. The van der Waals surface area contributed by atoms with Crippen LogP contribution in [0.25, 0.3) is 0 Å². The molecule has 0 aliphatic carbocycles. The lowest BCUT2D eigenvalue weighted by Crippen LogP contribution is -2.32. The number of aromatic nitrogens is 1. The van der Waals surface area contributed by atoms with Gasteiger partial charge in [0.05, 0.1) is 30.9 Å². The predicted octanol–water partition coefficient (Wildman–Crippen LogP) is 4.58. The number of benzene rings is 3. The van der Waals surface area contributed by atoms with Crippen LogP contribution >= 0.6 is 23.1 Å². The van der Waals surface area contributed by atoms with Crippen molar-refractivity contribution in [2.75, 3.05) is 31.0 Å². The van der Waals surface area contributed by atoms with E-state index >= 15 is 0 Å². The number of hydrogen-bond donors (Lipinski definition) is 2. The van der Waals surface area contributed by atoms with E-state index in [-0.39, 0.29) is 29.2 Å². The van der Waals surface area contributed by atoms with Crippen LogP contribution in [0.3, 0.4) is 0 Å². The van der Waals surface area contributed by atoms with Crippen LogP contribution in [0.2, 0.25) is 0 Å². The van der Waals surface area contributed by atoms with Crippen LogP contribution in [-0.2, 0) is 14.4 Å². The Hall–Kier alpha value is -4.55. The number of aryl methyl sites for hydroxylation is 1. The molecule has 3 heterocycles. The average Bonchev–Trinajstić information content (AvgIpc) is 3.50. The van der Waals surface area contributed by atoms with E-state index < -0.39 is 17.1 Å². The Morgan fingerprint density at radius 2 is 1.74 bits per heavy atom. The topological polar surface area (TPSA) is 127 Å². The zero-order valence-electron chi connectivity index (χ0n) is 23.4. The fraction of sp³-hybridized carbons (Fsp3) is 0.226. The summed E-state index contributed by atoms with van der Waals surface area (Å²) in [5, 5.41) is 2.65. The number of thiazole rings is 1. The smallest absolute Gasteiger partial charge is 0.305 e. The highest BCUT2D eigenvalue weighted by atomic mass is 32.2. The Labute approximate surface area is 255 Å². The van der Waals surface area contributed by atoms with Crippen molar-refractivity contribution in [3.63, 3.8) is 0 Å². The second-order valence-corrected chi connectivity index (χ2v) is 12.2. The standard InChI is InChI=1S/C31H27N3O7S2/c1-16-5-4-6-18(13-16)32-23(35)15-41-21-12-7-17(14-22(21)40-3)24-25-27(42-28-26(24)43-31(38)33-28)30(37)34(29(25)36)19-8-10-20(39-2)11-9-19/h4-14,24-25,27H,15H2,1-3H3,(H,32,35)(H,33,38)/t24-,25?,27?/m1/s1. The number of fused-ring (bicyclic) bond motifs is 2. The number of carbonyl (C=O) groups is 3. The van der Waals surface area contributed by atoms with E-state index in [1.165, 1.54) is 23.8 Å². The van der Waals surface area contributed by atoms with E-state index in [9.17, 15) is 19.2 Å². The molecule has 2 aliphatic heterocycles. The Balaban J connectivity index is 1.29. The van der Waals surface area contributed by atoms with Gasteiger partial charge in [0, 0.05) is 16.5 Å². The molecule has 3 atom stereocenters. The summed E-state index contributed by atoms with van der Waals surface area (Å²) >= 11 is 2.23. The lowest BCUT2D eigenvalue weighted by Gasteiger charge is -2.30. The molecule has 3 amide bonds. The van der Waals surface area contributed by atoms with Crippen molar-refractivity contribution in [3.05, 3.63) is 92.4 Å². The van der Waals surface area contributed by atoms with Gasteiger partial charge in [0.15, 0.2) is 18.1 Å². The van der Waals surface area contributed by atoms with Gasteiger partial charge >= 0.3 is 4.87 Å². The minimum absolute atomic E-state index is 0.248. The van der Waals surface area contributed by atoms with Crippen LogP contribution in [0.15, 0.2) is 76.6 Å². The Kier molecular flexibility index (Phi) is 7.72. The fourth-order valence-corrected chi connectivity index (χ4v) is 7.94. The molecule has 1 fully saturated rings. The van der Waals surface area contributed by atoms with Crippen molar-refractivity contribution < 1.29 is 28.6 Å². The van der Waals surface area contributed by atoms with E-state index in [2.05, 4.69) is 10.3 Å². The van der Waals surface area contributed by atoms with Gasteiger partial charge in [-0.25, -0.2) is 4.90 Å². The van der Waals surface area contributed by atoms with Crippen LogP contribution in [-0.4, -0.2) is 48.8 Å². The fourth-order valence-electron chi connectivity index (χ4n) is 5.42. The minimum Gasteiger partial charge on any atom is -0.497 e. The van der Waals surface area contributed by atoms with Gasteiger partial charge in [0.2, 0.25) is 11.8 Å². The maximum absolute atomic E-state index is 14.0. The highest BCUT2D eigenvalue weighted by Gasteiger charge is 2.56. The third kappa shape index (κ3) is 5.39. The number of thioether (sulfide) groups is 1. The first-order valence-electron chi connectivity index (χ1n) is 13.4. The molecular formula is C31H27N3O7S2. The SMILES string of the molecule is COc1ccc(N2C(=O)C3Sc4[nH]c(=O)sc4[C@H](c4ccc(OCC(=O)Nc5cccc(C)c5)c(OC)c4)C3C2=O)cc1. The van der Waals surface area contributed by atoms with Gasteiger partial charge in [0.1, 0.15) is 11.0 Å². The number of rotatable bonds is 8. The molecule has 0 radical (unpaired) electrons. The first-order chi connectivity index (χ1) is 20.8. The summed E-state index contributed by atoms with van der Waals surface area (Å²) in [7, 11) is 3.02. The Morgan fingerprint density at radius 3 is 2.47 bits per heavy atom. The number of ether oxygens (including phenoxy) is 3. The normalized spacial score (nSPS) is 19.0. The maximum Gasteiger partial charge on any atom is 0.305 e. The van der Waals surface area contributed by atoms with Crippen molar-refractivity contribution >= 4 is 52.2 Å². The van der Waals surface area contributed by atoms with Crippen molar-refractivity contribution in [1.29, 1.82) is 0 Å². The molecule has 2 N–H and O–H groups in total. The largest absolute Gasteiger partial charge is 0.497 e. The second-order valence-electron chi connectivity index (χ2n) is 10.1. The molecule has 3 aromatic carbocycles. The van der Waals surface area contributed by atoms with Gasteiger partial charge in [-0.3, -0.25) is 19.2 Å². The molecule has 4 aromatic rings. The summed E-state index contributed by atoms with van der Waals surface area (Å²) < 4.78 is 16.6. The van der Waals surface area contributed by atoms with Crippen molar-refractivity contribution in [1.82, 2.24) is 4.98 Å². The van der Waals surface area contributed by atoms with Crippen LogP contribution < -0.4 is 29.3 Å². The third-order valence-electron chi connectivity index (χ3n) is 7.36. The summed E-state index contributed by atoms with van der Waals surface area (Å²) in [4.78, 5) is 57.0. The molecule has 43 heavy (non-hydrogen) atoms. The Bertz CT molecular complexity index is 1780. The van der Waals surface area contributed by atoms with Crippen LogP contribution in [0.4, 0.5) is 11.4 Å². The summed E-state index contributed by atoms with van der Waals surface area (Å²) in [5.74, 6) is -1.08. The highest BCUT2D eigenvalue weighted by Crippen LogP contribution is 2.53. The number of hydrogen-bond acceptors (Lipinski definition) is 9. The number of nitrogens with zero attached hydrogens (tertiary/aromatic N) is 1. The lowest BCUT2D eigenvalue weighted by molar-refractivity contribution is -0.122. The van der Waals surface area contributed by atoms with Crippen LogP contribution in [0.5, 0.6) is 17.2 Å². The average molecular weight is 618 g/mol.